The van der Waals surface area contributed by atoms with Gasteiger partial charge >= 0.3 is 0 Å². The summed E-state index contributed by atoms with van der Waals surface area (Å²) in [6, 6.07) is 7.00. The van der Waals surface area contributed by atoms with Gasteiger partial charge in [0.25, 0.3) is 0 Å². The van der Waals surface area contributed by atoms with Crippen LogP contribution in [-0.4, -0.2) is 28.5 Å². The zero-order valence-corrected chi connectivity index (χ0v) is 11.8. The van der Waals surface area contributed by atoms with Gasteiger partial charge in [-0.25, -0.2) is 0 Å². The molecule has 0 atom stereocenters. The quantitative estimate of drug-likeness (QED) is 0.824. The number of primary amides is 1. The lowest BCUT2D eigenvalue weighted by atomic mass is 10.2. The molecule has 0 spiro atoms. The van der Waals surface area contributed by atoms with Crippen molar-refractivity contribution in [2.75, 3.05) is 6.54 Å². The number of nitrogens with zero attached hydrogens (tertiary/aromatic N) is 2. The molecule has 2 rings (SSSR count). The number of halogens is 1. The minimum Gasteiger partial charge on any atom is -0.368 e. The Morgan fingerprint density at radius 2 is 2.00 bits per heavy atom. The van der Waals surface area contributed by atoms with Gasteiger partial charge in [0, 0.05) is 23.4 Å². The van der Waals surface area contributed by atoms with Crippen molar-refractivity contribution >= 4 is 23.4 Å². The summed E-state index contributed by atoms with van der Waals surface area (Å²) in [5.41, 5.74) is 5.69. The molecule has 0 aliphatic heterocycles. The Morgan fingerprint density at radius 1 is 1.29 bits per heavy atom. The highest BCUT2D eigenvalue weighted by molar-refractivity contribution is 6.30. The highest BCUT2D eigenvalue weighted by atomic mass is 35.5. The van der Waals surface area contributed by atoms with Gasteiger partial charge in [-0.15, -0.1) is 0 Å². The first kappa shape index (κ1) is 15.0. The van der Waals surface area contributed by atoms with Gasteiger partial charge in [-0.2, -0.15) is 4.98 Å². The number of aromatic nitrogens is 2. The predicted octanol–water partition coefficient (Wildman–Crippen LogP) is 0.924. The lowest BCUT2D eigenvalue weighted by Crippen LogP contribution is -2.33. The van der Waals surface area contributed by atoms with E-state index in [0.29, 0.717) is 16.7 Å². The van der Waals surface area contributed by atoms with Crippen molar-refractivity contribution in [3.63, 3.8) is 0 Å². The maximum atomic E-state index is 11.4. The van der Waals surface area contributed by atoms with Crippen LogP contribution in [-0.2, 0) is 16.0 Å². The average Bonchev–Trinajstić information content (AvgIpc) is 2.92. The molecule has 0 fully saturated rings. The molecule has 2 aromatic rings. The summed E-state index contributed by atoms with van der Waals surface area (Å²) in [4.78, 5) is 26.1. The third kappa shape index (κ3) is 4.57. The molecule has 0 saturated carbocycles. The van der Waals surface area contributed by atoms with E-state index >= 15 is 0 Å². The highest BCUT2D eigenvalue weighted by Gasteiger charge is 2.10. The van der Waals surface area contributed by atoms with Crippen LogP contribution in [0.25, 0.3) is 11.4 Å². The van der Waals surface area contributed by atoms with Crippen LogP contribution < -0.4 is 11.1 Å². The van der Waals surface area contributed by atoms with Gasteiger partial charge in [0.2, 0.25) is 23.5 Å². The van der Waals surface area contributed by atoms with Crippen LogP contribution in [0.3, 0.4) is 0 Å². The van der Waals surface area contributed by atoms with E-state index in [1.165, 1.54) is 0 Å². The Bertz CT molecular complexity index is 639. The predicted molar refractivity (Wildman–Crippen MR) is 75.3 cm³/mol. The van der Waals surface area contributed by atoms with Gasteiger partial charge < -0.3 is 15.6 Å². The van der Waals surface area contributed by atoms with E-state index in [4.69, 9.17) is 21.9 Å². The number of hydrogen-bond donors (Lipinski definition) is 2. The Balaban J connectivity index is 1.90. The van der Waals surface area contributed by atoms with Crippen molar-refractivity contribution in [3.8, 4) is 11.4 Å². The monoisotopic (exact) mass is 308 g/mol. The molecule has 3 N–H and O–H groups in total. The standard InChI is InChI=1S/C13H13ClN4O3/c14-9-3-1-8(2-4-9)13-17-12(21-18-13)6-5-11(20)16-7-10(15)19/h1-4H,5-7H2,(H2,15,19)(H,16,20). The van der Waals surface area contributed by atoms with E-state index < -0.39 is 5.91 Å². The van der Waals surface area contributed by atoms with Gasteiger partial charge in [-0.3, -0.25) is 9.59 Å². The number of rotatable bonds is 6. The van der Waals surface area contributed by atoms with E-state index in [9.17, 15) is 9.59 Å². The fourth-order valence-corrected chi connectivity index (χ4v) is 1.69. The fourth-order valence-electron chi connectivity index (χ4n) is 1.57. The Hall–Kier alpha value is -2.41. The number of benzene rings is 1. The van der Waals surface area contributed by atoms with Crippen LogP contribution in [0.4, 0.5) is 0 Å². The number of hydrogen-bond acceptors (Lipinski definition) is 5. The van der Waals surface area contributed by atoms with E-state index in [1.54, 1.807) is 24.3 Å². The van der Waals surface area contributed by atoms with E-state index in [1.807, 2.05) is 0 Å². The summed E-state index contributed by atoms with van der Waals surface area (Å²) < 4.78 is 5.06. The van der Waals surface area contributed by atoms with E-state index in [0.717, 1.165) is 5.56 Å². The minimum atomic E-state index is -0.592. The van der Waals surface area contributed by atoms with Crippen LogP contribution in [0.1, 0.15) is 12.3 Å². The van der Waals surface area contributed by atoms with Crippen molar-refractivity contribution in [2.45, 2.75) is 12.8 Å². The maximum absolute atomic E-state index is 11.4. The molecular formula is C13H13ClN4O3. The molecule has 0 bridgehead atoms. The van der Waals surface area contributed by atoms with Gasteiger partial charge in [0.05, 0.1) is 6.54 Å². The van der Waals surface area contributed by atoms with Crippen molar-refractivity contribution in [1.29, 1.82) is 0 Å². The smallest absolute Gasteiger partial charge is 0.236 e. The van der Waals surface area contributed by atoms with Gasteiger partial charge in [0.1, 0.15) is 0 Å². The lowest BCUT2D eigenvalue weighted by Gasteiger charge is -1.99. The lowest BCUT2D eigenvalue weighted by molar-refractivity contribution is -0.124. The maximum Gasteiger partial charge on any atom is 0.236 e. The second-order valence-corrected chi connectivity index (χ2v) is 4.70. The first-order valence-electron chi connectivity index (χ1n) is 6.18. The topological polar surface area (TPSA) is 111 Å². The summed E-state index contributed by atoms with van der Waals surface area (Å²) in [6.07, 6.45) is 0.417. The highest BCUT2D eigenvalue weighted by Crippen LogP contribution is 2.18. The molecular weight excluding hydrogens is 296 g/mol. The summed E-state index contributed by atoms with van der Waals surface area (Å²) in [7, 11) is 0. The molecule has 0 aliphatic carbocycles. The largest absolute Gasteiger partial charge is 0.368 e. The van der Waals surface area contributed by atoms with Crippen LogP contribution in [0.5, 0.6) is 0 Å². The number of carbonyl (C=O) groups excluding carboxylic acids is 2. The van der Waals surface area contributed by atoms with Crippen molar-refractivity contribution in [3.05, 3.63) is 35.2 Å². The average molecular weight is 309 g/mol. The normalized spacial score (nSPS) is 10.3. The Kier molecular flexibility index (Phi) is 4.89. The number of nitrogens with two attached hydrogens (primary N) is 1. The third-order valence-corrected chi connectivity index (χ3v) is 2.85. The Morgan fingerprint density at radius 3 is 2.67 bits per heavy atom. The second kappa shape index (κ2) is 6.85. The third-order valence-electron chi connectivity index (χ3n) is 2.60. The van der Waals surface area contributed by atoms with E-state index in [2.05, 4.69) is 15.5 Å². The second-order valence-electron chi connectivity index (χ2n) is 4.26. The number of aryl methyl sites for hydroxylation is 1. The van der Waals surface area contributed by atoms with Crippen molar-refractivity contribution in [2.24, 2.45) is 5.73 Å². The van der Waals surface area contributed by atoms with Crippen LogP contribution >= 0.6 is 11.6 Å². The van der Waals surface area contributed by atoms with Gasteiger partial charge in [-0.1, -0.05) is 16.8 Å². The van der Waals surface area contributed by atoms with E-state index in [-0.39, 0.29) is 25.3 Å². The molecule has 110 valence electrons. The van der Waals surface area contributed by atoms with Crippen LogP contribution in [0.15, 0.2) is 28.8 Å². The molecule has 21 heavy (non-hydrogen) atoms. The molecule has 1 aromatic heterocycles. The SMILES string of the molecule is NC(=O)CNC(=O)CCc1nc(-c2ccc(Cl)cc2)no1. The molecule has 7 nitrogen and oxygen atoms in total. The zero-order chi connectivity index (χ0) is 15.2. The Labute approximate surface area is 125 Å². The fraction of sp³-hybridized carbons (Fsp3) is 0.231. The molecule has 0 aliphatic rings. The van der Waals surface area contributed by atoms with Gasteiger partial charge in [-0.05, 0) is 24.3 Å². The molecule has 1 heterocycles. The summed E-state index contributed by atoms with van der Waals surface area (Å²) >= 11 is 5.80. The van der Waals surface area contributed by atoms with Crippen molar-refractivity contribution < 1.29 is 14.1 Å². The number of carbonyl (C=O) groups is 2. The minimum absolute atomic E-state index is 0.134. The number of nitrogens with one attached hydrogen (secondary N) is 1. The summed E-state index contributed by atoms with van der Waals surface area (Å²) in [5, 5.41) is 6.83. The molecule has 0 radical (unpaired) electrons. The number of amides is 2. The summed E-state index contributed by atoms with van der Waals surface area (Å²) in [5.74, 6) is -0.125. The molecule has 0 unspecified atom stereocenters. The van der Waals surface area contributed by atoms with Gasteiger partial charge in [0.15, 0.2) is 0 Å². The first-order chi connectivity index (χ1) is 10.0. The van der Waals surface area contributed by atoms with Crippen LogP contribution in [0, 0.1) is 0 Å². The van der Waals surface area contributed by atoms with Crippen molar-refractivity contribution in [1.82, 2.24) is 15.5 Å². The first-order valence-corrected chi connectivity index (χ1v) is 6.56. The molecule has 2 amide bonds. The summed E-state index contributed by atoms with van der Waals surface area (Å²) in [6.45, 7) is -0.182. The molecule has 1 aromatic carbocycles. The zero-order valence-electron chi connectivity index (χ0n) is 11.0. The molecule has 0 saturated heterocycles. The van der Waals surface area contributed by atoms with Crippen LogP contribution in [0.2, 0.25) is 5.02 Å². The molecule has 8 heteroatoms.